The summed E-state index contributed by atoms with van der Waals surface area (Å²) in [6, 6.07) is 16.9. The molecule has 3 aromatic rings. The SMILES string of the molecule is CCOC(=O)C1=NN(c2ccccc2)C(C(=O)N2CCCC2c2nc3ccccc3n2CC)C1. The summed E-state index contributed by atoms with van der Waals surface area (Å²) in [4.78, 5) is 33.3. The van der Waals surface area contributed by atoms with E-state index in [1.807, 2.05) is 53.4 Å². The Morgan fingerprint density at radius 1 is 1.06 bits per heavy atom. The van der Waals surface area contributed by atoms with E-state index in [-0.39, 0.29) is 30.7 Å². The largest absolute Gasteiger partial charge is 0.461 e. The topological polar surface area (TPSA) is 80.0 Å². The van der Waals surface area contributed by atoms with Crippen molar-refractivity contribution in [2.24, 2.45) is 5.10 Å². The molecule has 176 valence electrons. The average molecular weight is 460 g/mol. The maximum absolute atomic E-state index is 14.0. The van der Waals surface area contributed by atoms with Crippen molar-refractivity contribution in [3.05, 3.63) is 60.4 Å². The monoisotopic (exact) mass is 459 g/mol. The maximum Gasteiger partial charge on any atom is 0.354 e. The predicted molar refractivity (Wildman–Crippen MR) is 130 cm³/mol. The number of hydrazone groups is 1. The van der Waals surface area contributed by atoms with Crippen LogP contribution in [0.1, 0.15) is 45.0 Å². The molecule has 0 radical (unpaired) electrons. The first-order chi connectivity index (χ1) is 16.6. The first-order valence-electron chi connectivity index (χ1n) is 12.0. The van der Waals surface area contributed by atoms with E-state index >= 15 is 0 Å². The number of hydrogen-bond donors (Lipinski definition) is 0. The van der Waals surface area contributed by atoms with Crippen molar-refractivity contribution in [3.8, 4) is 0 Å². The smallest absolute Gasteiger partial charge is 0.354 e. The van der Waals surface area contributed by atoms with Crippen molar-refractivity contribution >= 4 is 34.3 Å². The predicted octanol–water partition coefficient (Wildman–Crippen LogP) is 3.92. The van der Waals surface area contributed by atoms with Gasteiger partial charge in [-0.1, -0.05) is 30.3 Å². The third kappa shape index (κ3) is 3.83. The molecule has 0 saturated carbocycles. The van der Waals surface area contributed by atoms with Gasteiger partial charge in [0.25, 0.3) is 0 Å². The molecule has 2 aliphatic rings. The standard InChI is InChI=1S/C26H29N5O3/c1-3-29-21-14-9-8-13-19(21)27-24(29)22-15-10-16-30(22)25(32)23-17-20(26(33)34-4-2)28-31(23)18-11-6-5-7-12-18/h5-9,11-14,22-23H,3-4,10,15-17H2,1-2H3. The molecule has 8 nitrogen and oxygen atoms in total. The summed E-state index contributed by atoms with van der Waals surface area (Å²) < 4.78 is 7.39. The molecule has 2 unspecified atom stereocenters. The maximum atomic E-state index is 14.0. The Labute approximate surface area is 198 Å². The third-order valence-electron chi connectivity index (χ3n) is 6.56. The van der Waals surface area contributed by atoms with Crippen molar-refractivity contribution in [1.82, 2.24) is 14.5 Å². The van der Waals surface area contributed by atoms with Crippen LogP contribution < -0.4 is 5.01 Å². The Morgan fingerprint density at radius 2 is 1.82 bits per heavy atom. The molecule has 0 bridgehead atoms. The van der Waals surface area contributed by atoms with Crippen molar-refractivity contribution in [2.75, 3.05) is 18.2 Å². The van der Waals surface area contributed by atoms with Crippen molar-refractivity contribution in [1.29, 1.82) is 0 Å². The summed E-state index contributed by atoms with van der Waals surface area (Å²) in [5.74, 6) is 0.416. The number of ether oxygens (including phenoxy) is 1. The zero-order chi connectivity index (χ0) is 23.7. The summed E-state index contributed by atoms with van der Waals surface area (Å²) >= 11 is 0. The van der Waals surface area contributed by atoms with Crippen molar-refractivity contribution in [2.45, 2.75) is 51.7 Å². The first kappa shape index (κ1) is 22.1. The van der Waals surface area contributed by atoms with Crippen LogP contribution in [0.2, 0.25) is 0 Å². The molecule has 34 heavy (non-hydrogen) atoms. The van der Waals surface area contributed by atoms with Crippen LogP contribution >= 0.6 is 0 Å². The molecule has 1 amide bonds. The average Bonchev–Trinajstić information content (AvgIpc) is 3.60. The van der Waals surface area contributed by atoms with Gasteiger partial charge in [-0.25, -0.2) is 9.78 Å². The lowest BCUT2D eigenvalue weighted by Gasteiger charge is -2.31. The molecule has 3 heterocycles. The van der Waals surface area contributed by atoms with E-state index in [4.69, 9.17) is 9.72 Å². The number of carbonyl (C=O) groups excluding carboxylic acids is 2. The highest BCUT2D eigenvalue weighted by Gasteiger charge is 2.43. The van der Waals surface area contributed by atoms with E-state index in [0.29, 0.717) is 6.54 Å². The van der Waals surface area contributed by atoms with Gasteiger partial charge in [0.15, 0.2) is 0 Å². The van der Waals surface area contributed by atoms with Gasteiger partial charge in [-0.2, -0.15) is 5.10 Å². The molecule has 0 spiro atoms. The Balaban J connectivity index is 1.47. The number of esters is 1. The molecule has 0 N–H and O–H groups in total. The van der Waals surface area contributed by atoms with Crippen molar-refractivity contribution in [3.63, 3.8) is 0 Å². The van der Waals surface area contributed by atoms with E-state index in [2.05, 4.69) is 22.7 Å². The minimum Gasteiger partial charge on any atom is -0.461 e. The summed E-state index contributed by atoms with van der Waals surface area (Å²) in [5.41, 5.74) is 3.08. The van der Waals surface area contributed by atoms with Gasteiger partial charge in [-0.15, -0.1) is 0 Å². The molecule has 5 rings (SSSR count). The fourth-order valence-corrected chi connectivity index (χ4v) is 5.03. The molecule has 1 aromatic heterocycles. The van der Waals surface area contributed by atoms with Crippen LogP contribution in [0.3, 0.4) is 0 Å². The van der Waals surface area contributed by atoms with Gasteiger partial charge in [0, 0.05) is 19.5 Å². The van der Waals surface area contributed by atoms with Gasteiger partial charge < -0.3 is 14.2 Å². The zero-order valence-electron chi connectivity index (χ0n) is 19.6. The molecule has 1 fully saturated rings. The van der Waals surface area contributed by atoms with E-state index in [9.17, 15) is 9.59 Å². The Hall–Kier alpha value is -3.68. The molecule has 2 aliphatic heterocycles. The number of amides is 1. The van der Waals surface area contributed by atoms with E-state index < -0.39 is 12.0 Å². The number of anilines is 1. The molecule has 1 saturated heterocycles. The van der Waals surface area contributed by atoms with Gasteiger partial charge in [0.05, 0.1) is 29.4 Å². The number of aryl methyl sites for hydroxylation is 1. The minimum absolute atomic E-state index is 0.0379. The number of imidazole rings is 1. The van der Waals surface area contributed by atoms with Crippen LogP contribution in [0.25, 0.3) is 11.0 Å². The van der Waals surface area contributed by atoms with Gasteiger partial charge in [0.1, 0.15) is 17.6 Å². The van der Waals surface area contributed by atoms with Gasteiger partial charge >= 0.3 is 5.97 Å². The van der Waals surface area contributed by atoms with Crippen LogP contribution in [-0.4, -0.2) is 51.2 Å². The van der Waals surface area contributed by atoms with E-state index in [1.165, 1.54) is 0 Å². The lowest BCUT2D eigenvalue weighted by molar-refractivity contribution is -0.135. The Morgan fingerprint density at radius 3 is 2.59 bits per heavy atom. The Kier molecular flexibility index (Phi) is 6.04. The number of nitrogens with zero attached hydrogens (tertiary/aromatic N) is 5. The summed E-state index contributed by atoms with van der Waals surface area (Å²) in [5, 5.41) is 6.20. The zero-order valence-corrected chi connectivity index (χ0v) is 19.6. The van der Waals surface area contributed by atoms with Gasteiger partial charge in [-0.3, -0.25) is 9.80 Å². The number of rotatable bonds is 6. The molecule has 8 heteroatoms. The normalized spacial score (nSPS) is 20.1. The number of hydrogen-bond acceptors (Lipinski definition) is 6. The molecular formula is C26H29N5O3. The first-order valence-corrected chi connectivity index (χ1v) is 12.0. The van der Waals surface area contributed by atoms with E-state index in [1.54, 1.807) is 11.9 Å². The minimum atomic E-state index is -0.595. The number of aromatic nitrogens is 2. The molecule has 0 aliphatic carbocycles. The molecular weight excluding hydrogens is 430 g/mol. The molecule has 2 atom stereocenters. The highest BCUT2D eigenvalue weighted by atomic mass is 16.5. The number of fused-ring (bicyclic) bond motifs is 1. The van der Waals surface area contributed by atoms with Crippen LogP contribution in [0, 0.1) is 0 Å². The second-order valence-electron chi connectivity index (χ2n) is 8.56. The quantitative estimate of drug-likeness (QED) is 0.522. The summed E-state index contributed by atoms with van der Waals surface area (Å²) in [6.45, 7) is 5.57. The number of carbonyl (C=O) groups is 2. The molecule has 2 aromatic carbocycles. The van der Waals surface area contributed by atoms with Crippen molar-refractivity contribution < 1.29 is 14.3 Å². The lowest BCUT2D eigenvalue weighted by atomic mass is 10.1. The number of benzene rings is 2. The number of para-hydroxylation sites is 3. The van der Waals surface area contributed by atoms with Crippen LogP contribution in [0.5, 0.6) is 0 Å². The fourth-order valence-electron chi connectivity index (χ4n) is 5.03. The fraction of sp³-hybridized carbons (Fsp3) is 0.385. The highest BCUT2D eigenvalue weighted by Crippen LogP contribution is 2.36. The van der Waals surface area contributed by atoms with E-state index in [0.717, 1.165) is 41.9 Å². The van der Waals surface area contributed by atoms with Crippen LogP contribution in [0.4, 0.5) is 5.69 Å². The summed E-state index contributed by atoms with van der Waals surface area (Å²) in [6.07, 6.45) is 1.99. The lowest BCUT2D eigenvalue weighted by Crippen LogP contribution is -2.45. The number of likely N-dealkylation sites (tertiary alicyclic amines) is 1. The Bertz CT molecular complexity index is 1240. The second-order valence-corrected chi connectivity index (χ2v) is 8.56. The third-order valence-corrected chi connectivity index (χ3v) is 6.56. The van der Waals surface area contributed by atoms with Crippen LogP contribution in [0.15, 0.2) is 59.7 Å². The highest BCUT2D eigenvalue weighted by molar-refractivity contribution is 6.38. The van der Waals surface area contributed by atoms with Gasteiger partial charge in [0.2, 0.25) is 5.91 Å². The summed E-state index contributed by atoms with van der Waals surface area (Å²) in [7, 11) is 0. The van der Waals surface area contributed by atoms with Crippen LogP contribution in [-0.2, 0) is 20.9 Å². The van der Waals surface area contributed by atoms with Gasteiger partial charge in [-0.05, 0) is 51.0 Å². The second kappa shape index (κ2) is 9.29.